The number of allylic oxidation sites excluding steroid dienone is 19. The Balaban J connectivity index is 4.04. The van der Waals surface area contributed by atoms with Crippen LogP contribution in [-0.4, -0.2) is 49.3 Å². The SMILES string of the molecule is CC/C=C\C/C=C\C/C=C\C/C=C\C/C=C\CCCCCCCCCCCCCCCCCC(=O)OC(COC(=O)C/C=C\C/C=C\C/C=C\C/C=C\C/C=C\CC)COP(=O)(O)OCCN. The minimum absolute atomic E-state index is 0.0364. The van der Waals surface area contributed by atoms with Crippen LogP contribution in [0, 0.1) is 0 Å². The standard InChI is InChI=1S/C57H94NO8P/c1-3-5-7-9-11-13-15-17-19-20-21-22-23-24-25-26-27-28-29-30-31-32-33-34-36-38-40-42-44-46-48-50-57(60)66-55(54-65-67(61,62)64-52-51-58)53-63-56(59)49-47-45-43-41-39-37-35-18-16-14-12-10-8-6-4-2/h5-8,11-14,17-19,21-22,24-25,35,39,41,45,47,55H,3-4,9-10,15-16,20,23,26-34,36-38,40,42-44,46,48-54,58H2,1-2H3,(H,61,62)/b7-5-,8-6-,13-11-,14-12-,19-17-,22-21-,25-24-,35-18-,41-39-,47-45-. The first kappa shape index (κ1) is 63.4. The Morgan fingerprint density at radius 3 is 1.22 bits per heavy atom. The number of unbranched alkanes of at least 4 members (excludes halogenated alkanes) is 15. The van der Waals surface area contributed by atoms with Crippen molar-refractivity contribution in [1.82, 2.24) is 0 Å². The minimum Gasteiger partial charge on any atom is -0.461 e. The minimum atomic E-state index is -4.41. The first-order valence-electron chi connectivity index (χ1n) is 26.0. The van der Waals surface area contributed by atoms with Gasteiger partial charge in [0.15, 0.2) is 6.10 Å². The highest BCUT2D eigenvalue weighted by molar-refractivity contribution is 7.47. The van der Waals surface area contributed by atoms with E-state index in [0.29, 0.717) is 12.8 Å². The molecule has 0 aliphatic rings. The molecule has 0 radical (unpaired) electrons. The highest BCUT2D eigenvalue weighted by Gasteiger charge is 2.25. The van der Waals surface area contributed by atoms with Crippen molar-refractivity contribution in [2.75, 3.05) is 26.4 Å². The fourth-order valence-corrected chi connectivity index (χ4v) is 7.38. The number of carbonyl (C=O) groups excluding carboxylic acids is 2. The van der Waals surface area contributed by atoms with Crippen molar-refractivity contribution in [1.29, 1.82) is 0 Å². The smallest absolute Gasteiger partial charge is 0.461 e. The number of rotatable bonds is 47. The van der Waals surface area contributed by atoms with Gasteiger partial charge in [0, 0.05) is 13.0 Å². The van der Waals surface area contributed by atoms with Crippen LogP contribution in [0.1, 0.15) is 194 Å². The second kappa shape index (κ2) is 51.8. The van der Waals surface area contributed by atoms with Gasteiger partial charge in [0.25, 0.3) is 0 Å². The van der Waals surface area contributed by atoms with E-state index < -0.39 is 32.5 Å². The molecule has 67 heavy (non-hydrogen) atoms. The van der Waals surface area contributed by atoms with Gasteiger partial charge in [-0.15, -0.1) is 0 Å². The lowest BCUT2D eigenvalue weighted by Crippen LogP contribution is -2.29. The van der Waals surface area contributed by atoms with E-state index >= 15 is 0 Å². The molecule has 2 atom stereocenters. The molecule has 0 spiro atoms. The number of hydrogen-bond acceptors (Lipinski definition) is 8. The number of carbonyl (C=O) groups is 2. The van der Waals surface area contributed by atoms with Crippen molar-refractivity contribution in [3.63, 3.8) is 0 Å². The lowest BCUT2D eigenvalue weighted by Gasteiger charge is -2.19. The molecule has 10 heteroatoms. The molecule has 0 aliphatic heterocycles. The number of nitrogens with two attached hydrogens (primary N) is 1. The Kier molecular flexibility index (Phi) is 49.0. The Bertz CT molecular complexity index is 1500. The van der Waals surface area contributed by atoms with Gasteiger partial charge in [0.2, 0.25) is 0 Å². The molecule has 0 saturated carbocycles. The number of esters is 2. The summed E-state index contributed by atoms with van der Waals surface area (Å²) in [4.78, 5) is 35.0. The molecule has 9 nitrogen and oxygen atoms in total. The van der Waals surface area contributed by atoms with Gasteiger partial charge < -0.3 is 20.1 Å². The number of ether oxygens (including phenoxy) is 2. The first-order valence-corrected chi connectivity index (χ1v) is 27.5. The Hall–Kier alpha value is -3.59. The maximum Gasteiger partial charge on any atom is 0.472 e. The predicted octanol–water partition coefficient (Wildman–Crippen LogP) is 16.1. The van der Waals surface area contributed by atoms with E-state index in [1.807, 2.05) is 12.2 Å². The van der Waals surface area contributed by atoms with Crippen LogP contribution >= 0.6 is 7.82 Å². The van der Waals surface area contributed by atoms with Crippen LogP contribution in [0.5, 0.6) is 0 Å². The zero-order chi connectivity index (χ0) is 48.8. The van der Waals surface area contributed by atoms with E-state index in [1.165, 1.54) is 77.0 Å². The highest BCUT2D eigenvalue weighted by Crippen LogP contribution is 2.43. The third-order valence-electron chi connectivity index (χ3n) is 10.4. The monoisotopic (exact) mass is 952 g/mol. The Morgan fingerprint density at radius 2 is 0.821 bits per heavy atom. The summed E-state index contributed by atoms with van der Waals surface area (Å²) in [5.74, 6) is -0.983. The van der Waals surface area contributed by atoms with E-state index in [9.17, 15) is 19.0 Å². The molecule has 0 bridgehead atoms. The third-order valence-corrected chi connectivity index (χ3v) is 11.4. The van der Waals surface area contributed by atoms with Gasteiger partial charge in [-0.2, -0.15) is 0 Å². The topological polar surface area (TPSA) is 134 Å². The van der Waals surface area contributed by atoms with E-state index in [-0.39, 0.29) is 32.6 Å². The summed E-state index contributed by atoms with van der Waals surface area (Å²) in [6.45, 7) is 3.38. The second-order valence-electron chi connectivity index (χ2n) is 16.6. The summed E-state index contributed by atoms with van der Waals surface area (Å²) in [5.41, 5.74) is 5.36. The zero-order valence-corrected chi connectivity index (χ0v) is 43.0. The number of hydrogen-bond donors (Lipinski definition) is 2. The number of phosphoric acid groups is 1. The summed E-state index contributed by atoms with van der Waals surface area (Å²) in [6.07, 6.45) is 71.4. The molecule has 0 aromatic heterocycles. The summed E-state index contributed by atoms with van der Waals surface area (Å²) < 4.78 is 32.8. The molecule has 2 unspecified atom stereocenters. The van der Waals surface area contributed by atoms with Crippen molar-refractivity contribution in [3.8, 4) is 0 Å². The largest absolute Gasteiger partial charge is 0.472 e. The molecule has 0 rings (SSSR count). The molecule has 3 N–H and O–H groups in total. The van der Waals surface area contributed by atoms with Gasteiger partial charge >= 0.3 is 19.8 Å². The van der Waals surface area contributed by atoms with Crippen LogP contribution < -0.4 is 5.73 Å². The fraction of sp³-hybridized carbons (Fsp3) is 0.614. The average molecular weight is 952 g/mol. The van der Waals surface area contributed by atoms with Crippen LogP contribution in [0.25, 0.3) is 0 Å². The van der Waals surface area contributed by atoms with Crippen molar-refractivity contribution >= 4 is 19.8 Å². The van der Waals surface area contributed by atoms with Crippen LogP contribution in [0.2, 0.25) is 0 Å². The summed E-state index contributed by atoms with van der Waals surface area (Å²) in [7, 11) is -4.41. The molecule has 380 valence electrons. The summed E-state index contributed by atoms with van der Waals surface area (Å²) in [6, 6.07) is 0. The zero-order valence-electron chi connectivity index (χ0n) is 42.1. The van der Waals surface area contributed by atoms with E-state index in [0.717, 1.165) is 77.0 Å². The van der Waals surface area contributed by atoms with E-state index in [4.69, 9.17) is 24.3 Å². The van der Waals surface area contributed by atoms with E-state index in [2.05, 4.69) is 117 Å². The quantitative estimate of drug-likeness (QED) is 0.0265. The van der Waals surface area contributed by atoms with Crippen LogP contribution in [-0.2, 0) is 32.7 Å². The van der Waals surface area contributed by atoms with Gasteiger partial charge in [-0.05, 0) is 83.5 Å². The predicted molar refractivity (Wildman–Crippen MR) is 284 cm³/mol. The lowest BCUT2D eigenvalue weighted by atomic mass is 10.0. The molecule has 0 amide bonds. The summed E-state index contributed by atoms with van der Waals surface area (Å²) in [5, 5.41) is 0. The highest BCUT2D eigenvalue weighted by atomic mass is 31.2. The molecular formula is C57H94NO8P. The van der Waals surface area contributed by atoms with Gasteiger partial charge in [-0.1, -0.05) is 219 Å². The Morgan fingerprint density at radius 1 is 0.463 bits per heavy atom. The lowest BCUT2D eigenvalue weighted by molar-refractivity contribution is -0.160. The molecule has 0 aromatic rings. The van der Waals surface area contributed by atoms with Gasteiger partial charge in [0.05, 0.1) is 19.6 Å². The normalized spacial score (nSPS) is 14.1. The average Bonchev–Trinajstić information content (AvgIpc) is 3.32. The van der Waals surface area contributed by atoms with Crippen LogP contribution in [0.15, 0.2) is 122 Å². The molecule has 0 aliphatic carbocycles. The maximum atomic E-state index is 12.7. The van der Waals surface area contributed by atoms with Crippen molar-refractivity contribution in [2.45, 2.75) is 200 Å². The van der Waals surface area contributed by atoms with Crippen LogP contribution in [0.4, 0.5) is 0 Å². The molecule has 0 aromatic carbocycles. The third kappa shape index (κ3) is 51.6. The molecular weight excluding hydrogens is 858 g/mol. The van der Waals surface area contributed by atoms with Crippen molar-refractivity contribution in [2.24, 2.45) is 5.73 Å². The number of phosphoric ester groups is 1. The van der Waals surface area contributed by atoms with E-state index in [1.54, 1.807) is 6.08 Å². The van der Waals surface area contributed by atoms with Gasteiger partial charge in [-0.25, -0.2) is 4.57 Å². The van der Waals surface area contributed by atoms with Crippen molar-refractivity contribution < 1.29 is 37.6 Å². The maximum absolute atomic E-state index is 12.7. The van der Waals surface area contributed by atoms with Gasteiger partial charge in [-0.3, -0.25) is 18.6 Å². The molecule has 0 saturated heterocycles. The van der Waals surface area contributed by atoms with Crippen molar-refractivity contribution in [3.05, 3.63) is 122 Å². The fourth-order valence-electron chi connectivity index (χ4n) is 6.62. The summed E-state index contributed by atoms with van der Waals surface area (Å²) >= 11 is 0. The Labute approximate surface area is 409 Å². The van der Waals surface area contributed by atoms with Crippen LogP contribution in [0.3, 0.4) is 0 Å². The first-order chi connectivity index (χ1) is 32.8. The van der Waals surface area contributed by atoms with Gasteiger partial charge in [0.1, 0.15) is 6.61 Å². The molecule has 0 heterocycles. The molecule has 0 fully saturated rings. The second-order valence-corrected chi connectivity index (χ2v) is 18.1.